The minimum absolute atomic E-state index is 0.871. The molecule has 0 atom stereocenters. The van der Waals surface area contributed by atoms with Crippen LogP contribution in [0, 0.1) is 0 Å². The van der Waals surface area contributed by atoms with E-state index in [1.165, 1.54) is 10.8 Å². The third kappa shape index (κ3) is 4.14. The van der Waals surface area contributed by atoms with Gasteiger partial charge in [-0.25, -0.2) is 15.0 Å². The van der Waals surface area contributed by atoms with Crippen LogP contribution in [0.2, 0.25) is 0 Å². The number of aromatic nitrogens is 6. The number of imidazole rings is 2. The normalized spacial score (nSPS) is 11.9. The molecule has 0 spiro atoms. The Hall–Kier alpha value is -7.05. The molecule has 6 heteroatoms. The first kappa shape index (κ1) is 27.9. The van der Waals surface area contributed by atoms with Gasteiger partial charge in [0.05, 0.1) is 55.5 Å². The number of fused-ring (bicyclic) bond motifs is 9. The van der Waals surface area contributed by atoms with Gasteiger partial charge in [0, 0.05) is 33.3 Å². The summed E-state index contributed by atoms with van der Waals surface area (Å²) in [5.41, 5.74) is 14.4. The van der Waals surface area contributed by atoms with Gasteiger partial charge in [-0.1, -0.05) is 97.1 Å². The van der Waals surface area contributed by atoms with Crippen molar-refractivity contribution in [2.75, 3.05) is 0 Å². The second-order valence-corrected chi connectivity index (χ2v) is 12.9. The highest BCUT2D eigenvalue weighted by Crippen LogP contribution is 2.37. The summed E-state index contributed by atoms with van der Waals surface area (Å²) in [6, 6.07) is 59.4. The van der Waals surface area contributed by atoms with Gasteiger partial charge >= 0.3 is 0 Å². The van der Waals surface area contributed by atoms with Crippen LogP contribution in [0.1, 0.15) is 0 Å². The average molecular weight is 653 g/mol. The molecule has 11 aromatic rings. The predicted molar refractivity (Wildman–Crippen MR) is 208 cm³/mol. The van der Waals surface area contributed by atoms with Crippen molar-refractivity contribution in [3.8, 4) is 33.9 Å². The van der Waals surface area contributed by atoms with E-state index >= 15 is 0 Å². The lowest BCUT2D eigenvalue weighted by molar-refractivity contribution is 1.11. The van der Waals surface area contributed by atoms with E-state index in [1.54, 1.807) is 0 Å². The van der Waals surface area contributed by atoms with Crippen molar-refractivity contribution in [1.29, 1.82) is 0 Å². The molecule has 11 rings (SSSR count). The van der Waals surface area contributed by atoms with E-state index in [2.05, 4.69) is 135 Å². The van der Waals surface area contributed by atoms with Gasteiger partial charge in [-0.3, -0.25) is 8.97 Å². The number of hydrogen-bond acceptors (Lipinski definition) is 3. The fourth-order valence-corrected chi connectivity index (χ4v) is 7.75. The van der Waals surface area contributed by atoms with Gasteiger partial charge in [-0.2, -0.15) is 0 Å². The van der Waals surface area contributed by atoms with Crippen LogP contribution in [-0.2, 0) is 0 Å². The summed E-state index contributed by atoms with van der Waals surface area (Å²) in [6.07, 6.45) is 0. The zero-order valence-electron chi connectivity index (χ0n) is 27.3. The van der Waals surface area contributed by atoms with Crippen molar-refractivity contribution in [1.82, 2.24) is 28.5 Å². The van der Waals surface area contributed by atoms with Crippen LogP contribution in [-0.4, -0.2) is 28.5 Å². The summed E-state index contributed by atoms with van der Waals surface area (Å²) in [5.74, 6) is 0.905. The van der Waals surface area contributed by atoms with Gasteiger partial charge in [0.2, 0.25) is 5.78 Å². The second-order valence-electron chi connectivity index (χ2n) is 12.9. The highest BCUT2D eigenvalue weighted by atomic mass is 15.2. The molecule has 7 aromatic carbocycles. The van der Waals surface area contributed by atoms with Crippen molar-refractivity contribution < 1.29 is 0 Å². The van der Waals surface area contributed by atoms with Gasteiger partial charge in [0.25, 0.3) is 0 Å². The van der Waals surface area contributed by atoms with Crippen LogP contribution in [0.15, 0.2) is 170 Å². The topological polar surface area (TPSA) is 52.9 Å². The third-order valence-electron chi connectivity index (χ3n) is 10.0. The molecule has 4 heterocycles. The summed E-state index contributed by atoms with van der Waals surface area (Å²) in [5, 5.41) is 2.39. The Bertz CT molecular complexity index is 3130. The van der Waals surface area contributed by atoms with E-state index < -0.39 is 0 Å². The summed E-state index contributed by atoms with van der Waals surface area (Å²) in [7, 11) is 0. The van der Waals surface area contributed by atoms with Crippen LogP contribution in [0.5, 0.6) is 0 Å². The SMILES string of the molecule is c1ccc(-c2nc3ccccc3nc2-c2ccc(-n3c4ccccc4c4cc(-n5c6ccccc6n6c7ccccc7nc56)ccc43)cc2)cc1. The zero-order chi connectivity index (χ0) is 33.5. The smallest absolute Gasteiger partial charge is 0.220 e. The van der Waals surface area contributed by atoms with E-state index in [0.717, 1.165) is 83.8 Å². The number of rotatable bonds is 4. The summed E-state index contributed by atoms with van der Waals surface area (Å²) >= 11 is 0. The first-order valence-electron chi connectivity index (χ1n) is 17.1. The zero-order valence-corrected chi connectivity index (χ0v) is 27.3. The monoisotopic (exact) mass is 652 g/mol. The van der Waals surface area contributed by atoms with E-state index in [-0.39, 0.29) is 0 Å². The Morgan fingerprint density at radius 3 is 1.63 bits per heavy atom. The van der Waals surface area contributed by atoms with Crippen molar-refractivity contribution in [3.05, 3.63) is 170 Å². The molecule has 0 unspecified atom stereocenters. The fourth-order valence-electron chi connectivity index (χ4n) is 7.75. The largest absolute Gasteiger partial charge is 0.309 e. The maximum Gasteiger partial charge on any atom is 0.220 e. The average Bonchev–Trinajstić information content (AvgIpc) is 3.84. The van der Waals surface area contributed by atoms with Crippen LogP contribution in [0.25, 0.3) is 94.6 Å². The Kier molecular flexibility index (Phi) is 5.86. The first-order valence-corrected chi connectivity index (χ1v) is 17.1. The Morgan fingerprint density at radius 1 is 0.333 bits per heavy atom. The molecule has 0 saturated heterocycles. The molecule has 0 aliphatic carbocycles. The van der Waals surface area contributed by atoms with Crippen LogP contribution in [0.3, 0.4) is 0 Å². The molecule has 0 amide bonds. The van der Waals surface area contributed by atoms with E-state index in [1.807, 2.05) is 48.5 Å². The lowest BCUT2D eigenvalue weighted by atomic mass is 10.0. The minimum atomic E-state index is 0.871. The van der Waals surface area contributed by atoms with Crippen molar-refractivity contribution in [2.24, 2.45) is 0 Å². The molecule has 0 saturated carbocycles. The van der Waals surface area contributed by atoms with Crippen molar-refractivity contribution in [3.63, 3.8) is 0 Å². The standard InChI is InChI=1S/C45H28N6/c1-2-12-29(13-3-1)43-44(47-36-16-6-5-15-35(36)46-43)30-22-24-31(25-23-30)49-38-18-8-4-14-33(38)34-28-32(26-27-39(34)49)50-41-20-10-11-21-42(41)51-40-19-9-7-17-37(40)48-45(50)51/h1-28H. The molecule has 0 aliphatic heterocycles. The molecule has 51 heavy (non-hydrogen) atoms. The summed E-state index contributed by atoms with van der Waals surface area (Å²) in [6.45, 7) is 0. The molecule has 4 aromatic heterocycles. The minimum Gasteiger partial charge on any atom is -0.309 e. The maximum atomic E-state index is 5.13. The number of hydrogen-bond donors (Lipinski definition) is 0. The highest BCUT2D eigenvalue weighted by molar-refractivity contribution is 6.10. The van der Waals surface area contributed by atoms with Gasteiger partial charge < -0.3 is 4.57 Å². The lowest BCUT2D eigenvalue weighted by Gasteiger charge is -2.13. The molecular formula is C45H28N6. The van der Waals surface area contributed by atoms with Gasteiger partial charge in [-0.15, -0.1) is 0 Å². The van der Waals surface area contributed by atoms with E-state index in [9.17, 15) is 0 Å². The Labute approximate surface area is 292 Å². The molecule has 0 fully saturated rings. The van der Waals surface area contributed by atoms with Gasteiger partial charge in [-0.05, 0) is 72.8 Å². The van der Waals surface area contributed by atoms with Crippen LogP contribution < -0.4 is 0 Å². The molecule has 238 valence electrons. The first-order chi connectivity index (χ1) is 25.3. The lowest BCUT2D eigenvalue weighted by Crippen LogP contribution is -1.97. The Morgan fingerprint density at radius 2 is 0.882 bits per heavy atom. The molecule has 0 radical (unpaired) electrons. The predicted octanol–water partition coefficient (Wildman–Crippen LogP) is 10.8. The number of para-hydroxylation sites is 7. The van der Waals surface area contributed by atoms with Crippen LogP contribution in [0.4, 0.5) is 0 Å². The molecule has 0 aliphatic rings. The number of benzene rings is 7. The maximum absolute atomic E-state index is 5.13. The highest BCUT2D eigenvalue weighted by Gasteiger charge is 2.19. The third-order valence-corrected chi connectivity index (χ3v) is 10.0. The molecule has 6 nitrogen and oxygen atoms in total. The van der Waals surface area contributed by atoms with Crippen molar-refractivity contribution in [2.45, 2.75) is 0 Å². The molecule has 0 bridgehead atoms. The quantitative estimate of drug-likeness (QED) is 0.190. The van der Waals surface area contributed by atoms with E-state index in [4.69, 9.17) is 15.0 Å². The van der Waals surface area contributed by atoms with Gasteiger partial charge in [0.1, 0.15) is 0 Å². The van der Waals surface area contributed by atoms with Crippen LogP contribution >= 0.6 is 0 Å². The summed E-state index contributed by atoms with van der Waals surface area (Å²) in [4.78, 5) is 15.3. The molecular weight excluding hydrogens is 625 g/mol. The van der Waals surface area contributed by atoms with Gasteiger partial charge in [0.15, 0.2) is 0 Å². The number of nitrogens with zero attached hydrogens (tertiary/aromatic N) is 6. The fraction of sp³-hybridized carbons (Fsp3) is 0. The van der Waals surface area contributed by atoms with Crippen molar-refractivity contribution >= 4 is 60.7 Å². The van der Waals surface area contributed by atoms with E-state index in [0.29, 0.717) is 0 Å². The molecule has 0 N–H and O–H groups in total. The Balaban J connectivity index is 1.09. The second kappa shape index (κ2) is 10.7. The summed E-state index contributed by atoms with van der Waals surface area (Å²) < 4.78 is 6.91.